The van der Waals surface area contributed by atoms with Gasteiger partial charge in [0.15, 0.2) is 5.96 Å². The normalized spacial score (nSPS) is 14.6. The molecule has 128 valence electrons. The molecule has 0 saturated heterocycles. The maximum absolute atomic E-state index is 11.9. The van der Waals surface area contributed by atoms with Gasteiger partial charge in [-0.3, -0.25) is 9.79 Å². The molecule has 0 aliphatic heterocycles. The maximum Gasteiger partial charge on any atom is 0.226 e. The summed E-state index contributed by atoms with van der Waals surface area (Å²) < 4.78 is 0. The molecule has 1 aromatic carbocycles. The number of benzene rings is 1. The molecule has 0 atom stereocenters. The van der Waals surface area contributed by atoms with Crippen molar-refractivity contribution in [2.45, 2.75) is 32.6 Å². The molecule has 0 radical (unpaired) electrons. The SMILES string of the molecule is Cc1c(Cl)cccc1NC(=O)CCNC(N)=NCC1CCC1.I. The molecule has 1 saturated carbocycles. The Kier molecular flexibility index (Phi) is 8.68. The number of carbonyl (C=O) groups is 1. The fraction of sp³-hybridized carbons (Fsp3) is 0.500. The standard InChI is InChI=1S/C16H23ClN4O.HI/c1-11-13(17)6-3-7-14(11)21-15(22)8-9-19-16(18)20-10-12-4-2-5-12;/h3,6-7,12H,2,4-5,8-10H2,1H3,(H,21,22)(H3,18,19,20);1H. The molecule has 0 spiro atoms. The molecule has 0 heterocycles. The number of amides is 1. The van der Waals surface area contributed by atoms with Gasteiger partial charge in [-0.15, -0.1) is 24.0 Å². The summed E-state index contributed by atoms with van der Waals surface area (Å²) in [7, 11) is 0. The van der Waals surface area contributed by atoms with E-state index in [2.05, 4.69) is 15.6 Å². The van der Waals surface area contributed by atoms with E-state index in [1.807, 2.05) is 19.1 Å². The molecule has 0 bridgehead atoms. The van der Waals surface area contributed by atoms with Gasteiger partial charge in [0.05, 0.1) is 0 Å². The largest absolute Gasteiger partial charge is 0.370 e. The highest BCUT2D eigenvalue weighted by Crippen LogP contribution is 2.26. The summed E-state index contributed by atoms with van der Waals surface area (Å²) >= 11 is 6.02. The van der Waals surface area contributed by atoms with Crippen LogP contribution in [0.2, 0.25) is 5.02 Å². The second kappa shape index (κ2) is 9.97. The molecule has 1 amide bonds. The van der Waals surface area contributed by atoms with Crippen molar-refractivity contribution in [1.29, 1.82) is 0 Å². The van der Waals surface area contributed by atoms with Gasteiger partial charge >= 0.3 is 0 Å². The fourth-order valence-corrected chi connectivity index (χ4v) is 2.39. The van der Waals surface area contributed by atoms with Gasteiger partial charge in [-0.1, -0.05) is 24.1 Å². The summed E-state index contributed by atoms with van der Waals surface area (Å²) in [6.07, 6.45) is 4.12. The van der Waals surface area contributed by atoms with E-state index >= 15 is 0 Å². The predicted octanol–water partition coefficient (Wildman–Crippen LogP) is 3.30. The van der Waals surface area contributed by atoms with E-state index in [9.17, 15) is 4.79 Å². The van der Waals surface area contributed by atoms with Gasteiger partial charge in [-0.25, -0.2) is 0 Å². The van der Waals surface area contributed by atoms with Gasteiger partial charge < -0.3 is 16.4 Å². The number of nitrogens with one attached hydrogen (secondary N) is 2. The number of anilines is 1. The van der Waals surface area contributed by atoms with Crippen LogP contribution >= 0.6 is 35.6 Å². The van der Waals surface area contributed by atoms with E-state index < -0.39 is 0 Å². The fourth-order valence-electron chi connectivity index (χ4n) is 2.22. The smallest absolute Gasteiger partial charge is 0.226 e. The summed E-state index contributed by atoms with van der Waals surface area (Å²) in [6, 6.07) is 5.45. The Hall–Kier alpha value is -1.02. The Morgan fingerprint density at radius 2 is 2.17 bits per heavy atom. The van der Waals surface area contributed by atoms with Crippen molar-refractivity contribution < 1.29 is 4.79 Å². The van der Waals surface area contributed by atoms with Crippen molar-refractivity contribution in [2.75, 3.05) is 18.4 Å². The zero-order valence-corrected chi connectivity index (χ0v) is 16.4. The third-order valence-electron chi connectivity index (χ3n) is 3.94. The van der Waals surface area contributed by atoms with Gasteiger partial charge in [0.1, 0.15) is 0 Å². The summed E-state index contributed by atoms with van der Waals surface area (Å²) in [5.41, 5.74) is 7.38. The summed E-state index contributed by atoms with van der Waals surface area (Å²) in [5, 5.41) is 6.46. The van der Waals surface area contributed by atoms with Crippen LogP contribution in [0.15, 0.2) is 23.2 Å². The molecule has 4 N–H and O–H groups in total. The van der Waals surface area contributed by atoms with Gasteiger partial charge in [-0.05, 0) is 43.4 Å². The average Bonchev–Trinajstić information content (AvgIpc) is 2.42. The van der Waals surface area contributed by atoms with Crippen molar-refractivity contribution in [3.8, 4) is 0 Å². The van der Waals surface area contributed by atoms with Crippen molar-refractivity contribution in [3.63, 3.8) is 0 Å². The zero-order chi connectivity index (χ0) is 15.9. The highest BCUT2D eigenvalue weighted by Gasteiger charge is 2.16. The molecule has 0 unspecified atom stereocenters. The quantitative estimate of drug-likeness (QED) is 0.353. The lowest BCUT2D eigenvalue weighted by molar-refractivity contribution is -0.116. The number of hydrogen-bond donors (Lipinski definition) is 3. The summed E-state index contributed by atoms with van der Waals surface area (Å²) in [5.74, 6) is 1.03. The molecule has 1 aliphatic carbocycles. The number of aliphatic imine (C=N–C) groups is 1. The molecule has 5 nitrogen and oxygen atoms in total. The van der Waals surface area contributed by atoms with Crippen molar-refractivity contribution >= 4 is 53.1 Å². The van der Waals surface area contributed by atoms with Crippen LogP contribution in [0.5, 0.6) is 0 Å². The second-order valence-electron chi connectivity index (χ2n) is 5.66. The number of nitrogens with two attached hydrogens (primary N) is 1. The monoisotopic (exact) mass is 450 g/mol. The maximum atomic E-state index is 11.9. The lowest BCUT2D eigenvalue weighted by Crippen LogP contribution is -2.34. The van der Waals surface area contributed by atoms with Crippen molar-refractivity contribution in [3.05, 3.63) is 28.8 Å². The third kappa shape index (κ3) is 6.55. The van der Waals surface area contributed by atoms with E-state index in [4.69, 9.17) is 17.3 Å². The number of hydrogen-bond acceptors (Lipinski definition) is 2. The first-order chi connectivity index (χ1) is 10.6. The number of carbonyl (C=O) groups excluding carboxylic acids is 1. The van der Waals surface area contributed by atoms with Crippen LogP contribution in [0.3, 0.4) is 0 Å². The zero-order valence-electron chi connectivity index (χ0n) is 13.3. The van der Waals surface area contributed by atoms with Gasteiger partial charge in [0.25, 0.3) is 0 Å². The Labute approximate surface area is 159 Å². The van der Waals surface area contributed by atoms with E-state index in [0.717, 1.165) is 17.8 Å². The molecular weight excluding hydrogens is 427 g/mol. The minimum Gasteiger partial charge on any atom is -0.370 e. The van der Waals surface area contributed by atoms with E-state index in [0.29, 0.717) is 29.9 Å². The molecule has 1 aliphatic rings. The topological polar surface area (TPSA) is 79.5 Å². The average molecular weight is 451 g/mol. The van der Waals surface area contributed by atoms with Crippen LogP contribution in [-0.2, 0) is 4.79 Å². The minimum atomic E-state index is -0.0790. The van der Waals surface area contributed by atoms with Crippen LogP contribution in [0.1, 0.15) is 31.2 Å². The minimum absolute atomic E-state index is 0. The van der Waals surface area contributed by atoms with Crippen LogP contribution < -0.4 is 16.4 Å². The van der Waals surface area contributed by atoms with E-state index in [-0.39, 0.29) is 29.9 Å². The van der Waals surface area contributed by atoms with E-state index in [1.54, 1.807) is 6.07 Å². The first-order valence-electron chi connectivity index (χ1n) is 7.65. The molecule has 23 heavy (non-hydrogen) atoms. The van der Waals surface area contributed by atoms with Crippen LogP contribution in [0.4, 0.5) is 5.69 Å². The van der Waals surface area contributed by atoms with E-state index in [1.165, 1.54) is 19.3 Å². The molecule has 0 aromatic heterocycles. The molecular formula is C16H24ClIN4O. The van der Waals surface area contributed by atoms with Crippen molar-refractivity contribution in [1.82, 2.24) is 5.32 Å². The Balaban J connectivity index is 0.00000264. The third-order valence-corrected chi connectivity index (χ3v) is 4.35. The first-order valence-corrected chi connectivity index (χ1v) is 8.03. The van der Waals surface area contributed by atoms with Crippen LogP contribution in [0, 0.1) is 12.8 Å². The van der Waals surface area contributed by atoms with Crippen LogP contribution in [-0.4, -0.2) is 25.0 Å². The van der Waals surface area contributed by atoms with Gasteiger partial charge in [0, 0.05) is 30.2 Å². The predicted molar refractivity (Wildman–Crippen MR) is 107 cm³/mol. The molecule has 1 aromatic rings. The Bertz CT molecular complexity index is 561. The number of halogens is 2. The summed E-state index contributed by atoms with van der Waals surface area (Å²) in [4.78, 5) is 16.2. The Morgan fingerprint density at radius 3 is 2.83 bits per heavy atom. The molecule has 1 fully saturated rings. The Morgan fingerprint density at radius 1 is 1.43 bits per heavy atom. The van der Waals surface area contributed by atoms with Crippen LogP contribution in [0.25, 0.3) is 0 Å². The number of rotatable bonds is 6. The molecule has 7 heteroatoms. The second-order valence-corrected chi connectivity index (χ2v) is 6.07. The first kappa shape index (κ1) is 20.0. The highest BCUT2D eigenvalue weighted by molar-refractivity contribution is 14.0. The van der Waals surface area contributed by atoms with Gasteiger partial charge in [-0.2, -0.15) is 0 Å². The number of nitrogens with zero attached hydrogens (tertiary/aromatic N) is 1. The van der Waals surface area contributed by atoms with Gasteiger partial charge in [0.2, 0.25) is 5.91 Å². The van der Waals surface area contributed by atoms with Crippen molar-refractivity contribution in [2.24, 2.45) is 16.6 Å². The molecule has 2 rings (SSSR count). The number of guanidine groups is 1. The lowest BCUT2D eigenvalue weighted by atomic mass is 9.86. The summed E-state index contributed by atoms with van der Waals surface area (Å²) in [6.45, 7) is 3.12. The highest BCUT2D eigenvalue weighted by atomic mass is 127. The lowest BCUT2D eigenvalue weighted by Gasteiger charge is -2.23.